The van der Waals surface area contributed by atoms with Crippen LogP contribution in [0.2, 0.25) is 5.02 Å². The molecule has 8 heteroatoms. The molecule has 0 aliphatic carbocycles. The predicted molar refractivity (Wildman–Crippen MR) is 95.4 cm³/mol. The van der Waals surface area contributed by atoms with Crippen molar-refractivity contribution in [1.82, 2.24) is 4.31 Å². The van der Waals surface area contributed by atoms with Crippen LogP contribution in [0.15, 0.2) is 47.4 Å². The molecule has 1 aliphatic rings. The molecule has 2 aromatic carbocycles. The number of halogens is 2. The van der Waals surface area contributed by atoms with Gasteiger partial charge in [-0.3, -0.25) is 0 Å². The summed E-state index contributed by atoms with van der Waals surface area (Å²) in [6.07, 6.45) is 2.63. The van der Waals surface area contributed by atoms with E-state index in [1.807, 2.05) is 0 Å². The molecule has 1 saturated heterocycles. The van der Waals surface area contributed by atoms with E-state index in [0.29, 0.717) is 13.1 Å². The fraction of sp³-hybridized carbons (Fsp3) is 0.278. The average molecular weight is 398 g/mol. The third-order valence-electron chi connectivity index (χ3n) is 4.13. The predicted octanol–water partition coefficient (Wildman–Crippen LogP) is 3.87. The Hall–Kier alpha value is -1.96. The molecular weight excluding hydrogens is 381 g/mol. The van der Waals surface area contributed by atoms with Crippen molar-refractivity contribution in [2.24, 2.45) is 0 Å². The zero-order valence-electron chi connectivity index (χ0n) is 13.8. The Bertz CT molecular complexity index is 909. The zero-order valence-corrected chi connectivity index (χ0v) is 15.4. The van der Waals surface area contributed by atoms with Crippen molar-refractivity contribution in [2.45, 2.75) is 24.2 Å². The second kappa shape index (κ2) is 7.73. The van der Waals surface area contributed by atoms with E-state index in [4.69, 9.17) is 16.3 Å². The zero-order chi connectivity index (χ0) is 18.7. The van der Waals surface area contributed by atoms with Gasteiger partial charge in [-0.05, 0) is 55.3 Å². The third-order valence-corrected chi connectivity index (χ3v) is 6.36. The van der Waals surface area contributed by atoms with Crippen LogP contribution < -0.4 is 4.74 Å². The molecule has 0 unspecified atom stereocenters. The van der Waals surface area contributed by atoms with Gasteiger partial charge in [-0.1, -0.05) is 18.0 Å². The van der Waals surface area contributed by atoms with Gasteiger partial charge in [0.15, 0.2) is 0 Å². The Morgan fingerprint density at radius 2 is 1.69 bits per heavy atom. The first-order valence-corrected chi connectivity index (χ1v) is 9.97. The van der Waals surface area contributed by atoms with Gasteiger partial charge in [0, 0.05) is 13.1 Å². The standard InChI is InChI=1S/C18H17ClFNO4S/c19-17-9-8-15(26(23,24)21-10-2-1-3-11-21)12-16(17)18(22)25-14-6-4-13(20)5-7-14/h4-9,12H,1-3,10-11H2. The maximum Gasteiger partial charge on any atom is 0.345 e. The van der Waals surface area contributed by atoms with Gasteiger partial charge in [0.05, 0.1) is 15.5 Å². The molecule has 1 heterocycles. The fourth-order valence-electron chi connectivity index (χ4n) is 2.74. The molecule has 0 bridgehead atoms. The molecule has 0 atom stereocenters. The van der Waals surface area contributed by atoms with Crippen LogP contribution in [0, 0.1) is 5.82 Å². The summed E-state index contributed by atoms with van der Waals surface area (Å²) in [7, 11) is -3.70. The quantitative estimate of drug-likeness (QED) is 0.580. The number of benzene rings is 2. The highest BCUT2D eigenvalue weighted by atomic mass is 35.5. The first-order valence-electron chi connectivity index (χ1n) is 8.15. The average Bonchev–Trinajstić information content (AvgIpc) is 2.64. The highest BCUT2D eigenvalue weighted by Crippen LogP contribution is 2.26. The van der Waals surface area contributed by atoms with Gasteiger partial charge >= 0.3 is 5.97 Å². The van der Waals surface area contributed by atoms with Crippen molar-refractivity contribution in [3.05, 3.63) is 58.9 Å². The number of sulfonamides is 1. The number of hydrogen-bond acceptors (Lipinski definition) is 4. The fourth-order valence-corrected chi connectivity index (χ4v) is 4.48. The molecule has 0 aromatic heterocycles. The molecule has 1 fully saturated rings. The van der Waals surface area contributed by atoms with E-state index in [9.17, 15) is 17.6 Å². The molecule has 0 spiro atoms. The van der Waals surface area contributed by atoms with E-state index in [1.54, 1.807) is 0 Å². The van der Waals surface area contributed by atoms with E-state index in [-0.39, 0.29) is 21.2 Å². The van der Waals surface area contributed by atoms with Crippen molar-refractivity contribution < 1.29 is 22.3 Å². The van der Waals surface area contributed by atoms with Crippen molar-refractivity contribution in [3.63, 3.8) is 0 Å². The lowest BCUT2D eigenvalue weighted by atomic mass is 10.2. The molecular formula is C18H17ClFNO4S. The third kappa shape index (κ3) is 4.06. The first kappa shape index (κ1) is 18.8. The monoisotopic (exact) mass is 397 g/mol. The highest BCUT2D eigenvalue weighted by Gasteiger charge is 2.27. The lowest BCUT2D eigenvalue weighted by Crippen LogP contribution is -2.35. The normalized spacial score (nSPS) is 15.6. The summed E-state index contributed by atoms with van der Waals surface area (Å²) in [5, 5.41) is 0.0784. The van der Waals surface area contributed by atoms with Crippen molar-refractivity contribution in [3.8, 4) is 5.75 Å². The molecule has 3 rings (SSSR count). The van der Waals surface area contributed by atoms with Crippen molar-refractivity contribution >= 4 is 27.6 Å². The van der Waals surface area contributed by atoms with Crippen LogP contribution in [0.5, 0.6) is 5.75 Å². The Labute approximate surface area is 156 Å². The van der Waals surface area contributed by atoms with Gasteiger partial charge in [-0.25, -0.2) is 17.6 Å². The summed E-state index contributed by atoms with van der Waals surface area (Å²) in [5.41, 5.74) is -0.0610. The lowest BCUT2D eigenvalue weighted by molar-refractivity contribution is 0.0734. The summed E-state index contributed by atoms with van der Waals surface area (Å²) >= 11 is 6.05. The molecule has 2 aromatic rings. The Morgan fingerprint density at radius 1 is 1.04 bits per heavy atom. The van der Waals surface area contributed by atoms with E-state index < -0.39 is 21.8 Å². The molecule has 1 aliphatic heterocycles. The smallest absolute Gasteiger partial charge is 0.345 e. The number of nitrogens with zero attached hydrogens (tertiary/aromatic N) is 1. The number of carbonyl (C=O) groups is 1. The Kier molecular flexibility index (Phi) is 5.60. The molecule has 26 heavy (non-hydrogen) atoms. The minimum Gasteiger partial charge on any atom is -0.423 e. The minimum atomic E-state index is -3.70. The van der Waals surface area contributed by atoms with Gasteiger partial charge in [0.1, 0.15) is 11.6 Å². The van der Waals surface area contributed by atoms with Crippen LogP contribution in [0.4, 0.5) is 4.39 Å². The highest BCUT2D eigenvalue weighted by molar-refractivity contribution is 7.89. The van der Waals surface area contributed by atoms with Crippen LogP contribution in [0.1, 0.15) is 29.6 Å². The van der Waals surface area contributed by atoms with E-state index >= 15 is 0 Å². The minimum absolute atomic E-state index is 0.00476. The Morgan fingerprint density at radius 3 is 2.35 bits per heavy atom. The number of rotatable bonds is 4. The molecule has 0 N–H and O–H groups in total. The van der Waals surface area contributed by atoms with Gasteiger partial charge in [-0.15, -0.1) is 0 Å². The number of carbonyl (C=O) groups excluding carboxylic acids is 1. The van der Waals surface area contributed by atoms with Crippen LogP contribution in [0.25, 0.3) is 0 Å². The number of hydrogen-bond donors (Lipinski definition) is 0. The van der Waals surface area contributed by atoms with E-state index in [2.05, 4.69) is 0 Å². The summed E-state index contributed by atoms with van der Waals surface area (Å²) in [5.74, 6) is -1.13. The second-order valence-electron chi connectivity index (χ2n) is 5.95. The molecule has 138 valence electrons. The SMILES string of the molecule is O=C(Oc1ccc(F)cc1)c1cc(S(=O)(=O)N2CCCCC2)ccc1Cl. The van der Waals surface area contributed by atoms with Gasteiger partial charge < -0.3 is 4.74 Å². The second-order valence-corrected chi connectivity index (χ2v) is 8.29. The summed E-state index contributed by atoms with van der Waals surface area (Å²) in [6.45, 7) is 0.917. The van der Waals surface area contributed by atoms with E-state index in [0.717, 1.165) is 31.4 Å². The van der Waals surface area contributed by atoms with Gasteiger partial charge in [-0.2, -0.15) is 4.31 Å². The molecule has 5 nitrogen and oxygen atoms in total. The Balaban J connectivity index is 1.87. The summed E-state index contributed by atoms with van der Waals surface area (Å²) in [6, 6.07) is 8.87. The van der Waals surface area contributed by atoms with Gasteiger partial charge in [0.25, 0.3) is 0 Å². The molecule has 0 radical (unpaired) electrons. The van der Waals surface area contributed by atoms with Crippen molar-refractivity contribution in [1.29, 1.82) is 0 Å². The number of ether oxygens (including phenoxy) is 1. The van der Waals surface area contributed by atoms with Crippen LogP contribution in [-0.2, 0) is 10.0 Å². The molecule has 0 amide bonds. The van der Waals surface area contributed by atoms with Crippen molar-refractivity contribution in [2.75, 3.05) is 13.1 Å². The maximum atomic E-state index is 12.9. The lowest BCUT2D eigenvalue weighted by Gasteiger charge is -2.26. The van der Waals surface area contributed by atoms with Crippen LogP contribution in [0.3, 0.4) is 0 Å². The summed E-state index contributed by atoms with van der Waals surface area (Å²) in [4.78, 5) is 12.4. The largest absolute Gasteiger partial charge is 0.423 e. The van der Waals surface area contributed by atoms with Gasteiger partial charge in [0.2, 0.25) is 10.0 Å². The van der Waals surface area contributed by atoms with Crippen LogP contribution in [-0.4, -0.2) is 31.8 Å². The first-order chi connectivity index (χ1) is 12.4. The maximum absolute atomic E-state index is 12.9. The molecule has 0 saturated carbocycles. The number of esters is 1. The van der Waals surface area contributed by atoms with E-state index in [1.165, 1.54) is 34.6 Å². The topological polar surface area (TPSA) is 63.7 Å². The number of piperidine rings is 1. The van der Waals surface area contributed by atoms with Crippen LogP contribution >= 0.6 is 11.6 Å². The summed E-state index contributed by atoms with van der Waals surface area (Å²) < 4.78 is 45.0.